The van der Waals surface area contributed by atoms with Crippen LogP contribution in [0, 0.1) is 0 Å². The van der Waals surface area contributed by atoms with Crippen LogP contribution in [0.1, 0.15) is 0 Å². The summed E-state index contributed by atoms with van der Waals surface area (Å²) >= 11 is 1.86. The van der Waals surface area contributed by atoms with Crippen LogP contribution in [-0.2, 0) is 0 Å². The predicted molar refractivity (Wildman–Crippen MR) is 329 cm³/mol. The Balaban J connectivity index is 0.927. The Hall–Kier alpha value is -10.1. The summed E-state index contributed by atoms with van der Waals surface area (Å²) in [4.78, 5) is 7.13. The van der Waals surface area contributed by atoms with Crippen molar-refractivity contribution >= 4 is 127 Å². The first-order valence-electron chi connectivity index (χ1n) is 26.3. The average molecular weight is 1020 g/mol. The second-order valence-electron chi connectivity index (χ2n) is 19.7. The van der Waals surface area contributed by atoms with Crippen LogP contribution in [0.25, 0.3) is 86.3 Å². The molecule has 0 saturated carbocycles. The molecule has 0 aliphatic heterocycles. The molecule has 3 aromatic heterocycles. The largest absolute Gasteiger partial charge is 0.456 e. The second kappa shape index (κ2) is 18.9. The van der Waals surface area contributed by atoms with Gasteiger partial charge in [0.1, 0.15) is 22.3 Å². The van der Waals surface area contributed by atoms with Gasteiger partial charge in [0, 0.05) is 75.8 Å². The van der Waals surface area contributed by atoms with Crippen molar-refractivity contribution in [2.45, 2.75) is 0 Å². The molecule has 5 nitrogen and oxygen atoms in total. The summed E-state index contributed by atoms with van der Waals surface area (Å²) in [6.07, 6.45) is 0. The number of para-hydroxylation sites is 5. The number of furan rings is 2. The van der Waals surface area contributed by atoms with Gasteiger partial charge in [0.05, 0.1) is 17.1 Å². The first-order valence-corrected chi connectivity index (χ1v) is 27.1. The van der Waals surface area contributed by atoms with E-state index in [9.17, 15) is 0 Å². The number of anilines is 9. The minimum absolute atomic E-state index is 0.849. The fraction of sp³-hybridized carbons (Fsp3) is 0. The molecular weight excluding hydrogens is 971 g/mol. The molecule has 6 heteroatoms. The molecule has 15 rings (SSSR count). The van der Waals surface area contributed by atoms with E-state index in [0.29, 0.717) is 0 Å². The van der Waals surface area contributed by atoms with Crippen molar-refractivity contribution in [2.24, 2.45) is 0 Å². The molecule has 0 atom stereocenters. The van der Waals surface area contributed by atoms with Crippen molar-refractivity contribution in [3.8, 4) is 22.3 Å². The lowest BCUT2D eigenvalue weighted by atomic mass is 10.0. The van der Waals surface area contributed by atoms with Gasteiger partial charge in [-0.1, -0.05) is 158 Å². The standard InChI is InChI=1S/C72H47N3O2S/c1-4-17-51(18-5-1)73(54-36-31-48(32-37-54)50-35-41-69-65(43-50)61-23-10-13-28-67(61)76-69)57-44-58(46-59(45-57)75(53-21-8-3-9-22-53)56-40-42-70-66(47-56)62-24-11-14-29-68(62)77-70)74(52-19-6-2-7-20-52)55-38-33-49(34-39-55)60-26-16-27-64-63-25-12-15-30-71(63)78-72(60)64/h1-47H. The zero-order valence-corrected chi connectivity index (χ0v) is 43.0. The minimum atomic E-state index is 0.849. The SMILES string of the molecule is c1ccc(N(c2ccc(-c3ccc4oc5ccccc5c4c3)cc2)c2cc(N(c3ccccc3)c3ccc(-c4cccc5c4sc4ccccc45)cc3)cc(N(c3ccccc3)c3ccc4oc5ccccc5c4c3)c2)cc1. The van der Waals surface area contributed by atoms with Crippen LogP contribution in [-0.4, -0.2) is 0 Å². The molecular formula is C72H47N3O2S. The van der Waals surface area contributed by atoms with E-state index in [1.165, 1.54) is 31.3 Å². The smallest absolute Gasteiger partial charge is 0.135 e. The van der Waals surface area contributed by atoms with E-state index in [0.717, 1.165) is 106 Å². The van der Waals surface area contributed by atoms with Crippen molar-refractivity contribution in [3.63, 3.8) is 0 Å². The summed E-state index contributed by atoms with van der Waals surface area (Å²) in [5.74, 6) is 0. The maximum absolute atomic E-state index is 6.40. The minimum Gasteiger partial charge on any atom is -0.456 e. The quantitative estimate of drug-likeness (QED) is 0.129. The zero-order valence-electron chi connectivity index (χ0n) is 42.2. The topological polar surface area (TPSA) is 36.0 Å². The predicted octanol–water partition coefficient (Wildman–Crippen LogP) is 21.6. The molecule has 78 heavy (non-hydrogen) atoms. The maximum atomic E-state index is 6.40. The average Bonchev–Trinajstić information content (AvgIpc) is 4.22. The third-order valence-corrected chi connectivity index (χ3v) is 16.2. The van der Waals surface area contributed by atoms with E-state index in [2.05, 4.69) is 276 Å². The molecule has 0 aliphatic carbocycles. The summed E-state index contributed by atoms with van der Waals surface area (Å²) in [5, 5.41) is 6.95. The fourth-order valence-electron chi connectivity index (χ4n) is 11.4. The summed E-state index contributed by atoms with van der Waals surface area (Å²) < 4.78 is 15.2. The molecule has 0 saturated heterocycles. The third-order valence-electron chi connectivity index (χ3n) is 15.0. The summed E-state index contributed by atoms with van der Waals surface area (Å²) in [7, 11) is 0. The van der Waals surface area contributed by atoms with E-state index in [-0.39, 0.29) is 0 Å². The Morgan fingerprint density at radius 3 is 1.19 bits per heavy atom. The monoisotopic (exact) mass is 1020 g/mol. The third kappa shape index (κ3) is 7.93. The molecule has 0 fully saturated rings. The van der Waals surface area contributed by atoms with E-state index in [1.807, 2.05) is 35.6 Å². The van der Waals surface area contributed by atoms with Crippen molar-refractivity contribution in [3.05, 3.63) is 285 Å². The molecule has 368 valence electrons. The number of hydrogen-bond donors (Lipinski definition) is 0. The number of thiophene rings is 1. The highest BCUT2D eigenvalue weighted by Crippen LogP contribution is 2.48. The molecule has 3 heterocycles. The molecule has 0 bridgehead atoms. The number of rotatable bonds is 11. The van der Waals surface area contributed by atoms with E-state index in [4.69, 9.17) is 8.83 Å². The van der Waals surface area contributed by atoms with Crippen LogP contribution < -0.4 is 14.7 Å². The molecule has 0 N–H and O–H groups in total. The number of benzene rings is 12. The van der Waals surface area contributed by atoms with Crippen LogP contribution in [0.3, 0.4) is 0 Å². The molecule has 0 radical (unpaired) electrons. The van der Waals surface area contributed by atoms with Gasteiger partial charge in [-0.25, -0.2) is 0 Å². The molecule has 0 aliphatic rings. The number of fused-ring (bicyclic) bond motifs is 9. The Bertz CT molecular complexity index is 4680. The van der Waals surface area contributed by atoms with Gasteiger partial charge in [-0.05, 0) is 150 Å². The van der Waals surface area contributed by atoms with Crippen LogP contribution in [0.2, 0.25) is 0 Å². The Morgan fingerprint density at radius 1 is 0.231 bits per heavy atom. The van der Waals surface area contributed by atoms with Crippen LogP contribution in [0.4, 0.5) is 51.2 Å². The zero-order chi connectivity index (χ0) is 51.5. The van der Waals surface area contributed by atoms with Crippen molar-refractivity contribution < 1.29 is 8.83 Å². The van der Waals surface area contributed by atoms with E-state index in [1.54, 1.807) is 0 Å². The van der Waals surface area contributed by atoms with E-state index < -0.39 is 0 Å². The Morgan fingerprint density at radius 2 is 0.628 bits per heavy atom. The van der Waals surface area contributed by atoms with Crippen molar-refractivity contribution in [1.29, 1.82) is 0 Å². The molecule has 0 unspecified atom stereocenters. The van der Waals surface area contributed by atoms with Crippen molar-refractivity contribution in [1.82, 2.24) is 0 Å². The van der Waals surface area contributed by atoms with Gasteiger partial charge in [-0.15, -0.1) is 11.3 Å². The van der Waals surface area contributed by atoms with Gasteiger partial charge >= 0.3 is 0 Å². The lowest BCUT2D eigenvalue weighted by Gasteiger charge is -2.33. The number of hydrogen-bond acceptors (Lipinski definition) is 6. The lowest BCUT2D eigenvalue weighted by Crippen LogP contribution is -2.16. The number of nitrogens with zero attached hydrogens (tertiary/aromatic N) is 3. The van der Waals surface area contributed by atoms with Gasteiger partial charge in [-0.3, -0.25) is 0 Å². The molecule has 15 aromatic rings. The van der Waals surface area contributed by atoms with Crippen LogP contribution in [0.15, 0.2) is 294 Å². The summed E-state index contributed by atoms with van der Waals surface area (Å²) in [5.41, 5.74) is 17.3. The first kappa shape index (κ1) is 45.3. The Labute approximate surface area is 454 Å². The highest BCUT2D eigenvalue weighted by atomic mass is 32.1. The van der Waals surface area contributed by atoms with Gasteiger partial charge < -0.3 is 23.5 Å². The van der Waals surface area contributed by atoms with Crippen LogP contribution >= 0.6 is 11.3 Å². The van der Waals surface area contributed by atoms with Gasteiger partial charge in [0.25, 0.3) is 0 Å². The van der Waals surface area contributed by atoms with Crippen LogP contribution in [0.5, 0.6) is 0 Å². The van der Waals surface area contributed by atoms with E-state index >= 15 is 0 Å². The molecule has 0 amide bonds. The fourth-order valence-corrected chi connectivity index (χ4v) is 12.6. The highest BCUT2D eigenvalue weighted by Gasteiger charge is 2.24. The second-order valence-corrected chi connectivity index (χ2v) is 20.7. The highest BCUT2D eigenvalue weighted by molar-refractivity contribution is 7.26. The first-order chi connectivity index (χ1) is 38.6. The summed E-state index contributed by atoms with van der Waals surface area (Å²) in [6, 6.07) is 102. The lowest BCUT2D eigenvalue weighted by molar-refractivity contribution is 0.668. The van der Waals surface area contributed by atoms with Gasteiger partial charge in [0.15, 0.2) is 0 Å². The van der Waals surface area contributed by atoms with Gasteiger partial charge in [-0.2, -0.15) is 0 Å². The molecule has 12 aromatic carbocycles. The van der Waals surface area contributed by atoms with Gasteiger partial charge in [0.2, 0.25) is 0 Å². The summed E-state index contributed by atoms with van der Waals surface area (Å²) in [6.45, 7) is 0. The van der Waals surface area contributed by atoms with Crippen molar-refractivity contribution in [2.75, 3.05) is 14.7 Å². The Kier molecular flexibility index (Phi) is 11.0. The normalized spacial score (nSPS) is 11.6. The maximum Gasteiger partial charge on any atom is 0.135 e. The molecule has 0 spiro atoms.